The molecule has 0 spiro atoms. The standard InChI is InChI=1S/C17H27NO/c1-12-5-8-15(9-6-12)18(4)14(3)16-11-13(2)7-10-17(16)19/h7,10-12,14-15,19H,5-6,8-9H2,1-4H3. The van der Waals surface area contributed by atoms with Crippen molar-refractivity contribution < 1.29 is 5.11 Å². The molecule has 1 N–H and O–H groups in total. The second kappa shape index (κ2) is 5.96. The summed E-state index contributed by atoms with van der Waals surface area (Å²) in [4.78, 5) is 2.44. The highest BCUT2D eigenvalue weighted by molar-refractivity contribution is 5.37. The fourth-order valence-corrected chi connectivity index (χ4v) is 3.19. The molecule has 19 heavy (non-hydrogen) atoms. The van der Waals surface area contributed by atoms with Crippen molar-refractivity contribution >= 4 is 0 Å². The van der Waals surface area contributed by atoms with Crippen molar-refractivity contribution in [3.8, 4) is 5.75 Å². The van der Waals surface area contributed by atoms with Gasteiger partial charge in [0.2, 0.25) is 0 Å². The van der Waals surface area contributed by atoms with Crippen LogP contribution in [-0.2, 0) is 0 Å². The van der Waals surface area contributed by atoms with Crippen LogP contribution in [0.4, 0.5) is 0 Å². The van der Waals surface area contributed by atoms with Crippen molar-refractivity contribution in [2.75, 3.05) is 7.05 Å². The smallest absolute Gasteiger partial charge is 0.120 e. The average molecular weight is 261 g/mol. The number of hydrogen-bond acceptors (Lipinski definition) is 2. The Balaban J connectivity index is 2.10. The second-order valence-corrected chi connectivity index (χ2v) is 6.32. The molecule has 1 unspecified atom stereocenters. The van der Waals surface area contributed by atoms with Gasteiger partial charge in [-0.2, -0.15) is 0 Å². The van der Waals surface area contributed by atoms with E-state index < -0.39 is 0 Å². The first kappa shape index (κ1) is 14.4. The molecule has 1 aliphatic rings. The van der Waals surface area contributed by atoms with Crippen LogP contribution in [0.25, 0.3) is 0 Å². The molecular formula is C17H27NO. The van der Waals surface area contributed by atoms with E-state index >= 15 is 0 Å². The number of aromatic hydroxyl groups is 1. The summed E-state index contributed by atoms with van der Waals surface area (Å²) < 4.78 is 0. The molecule has 2 rings (SSSR count). The highest BCUT2D eigenvalue weighted by atomic mass is 16.3. The van der Waals surface area contributed by atoms with Crippen molar-refractivity contribution in [3.05, 3.63) is 29.3 Å². The first-order chi connectivity index (χ1) is 8.99. The van der Waals surface area contributed by atoms with E-state index in [4.69, 9.17) is 0 Å². The highest BCUT2D eigenvalue weighted by Gasteiger charge is 2.26. The number of aryl methyl sites for hydroxylation is 1. The van der Waals surface area contributed by atoms with Crippen LogP contribution in [0, 0.1) is 12.8 Å². The largest absolute Gasteiger partial charge is 0.508 e. The fourth-order valence-electron chi connectivity index (χ4n) is 3.19. The molecule has 0 amide bonds. The second-order valence-electron chi connectivity index (χ2n) is 6.32. The molecule has 0 aromatic heterocycles. The predicted octanol–water partition coefficient (Wildman–Crippen LogP) is 4.27. The zero-order valence-corrected chi connectivity index (χ0v) is 12.7. The normalized spacial score (nSPS) is 25.5. The Morgan fingerprint density at radius 2 is 1.84 bits per heavy atom. The van der Waals surface area contributed by atoms with Gasteiger partial charge in [0, 0.05) is 17.6 Å². The molecule has 0 radical (unpaired) electrons. The molecule has 0 heterocycles. The maximum Gasteiger partial charge on any atom is 0.120 e. The van der Waals surface area contributed by atoms with E-state index in [1.54, 1.807) is 0 Å². The Hall–Kier alpha value is -1.02. The quantitative estimate of drug-likeness (QED) is 0.878. The number of benzene rings is 1. The molecular weight excluding hydrogens is 234 g/mol. The maximum atomic E-state index is 10.1. The fraction of sp³-hybridized carbons (Fsp3) is 0.647. The van der Waals surface area contributed by atoms with Crippen molar-refractivity contribution in [1.82, 2.24) is 4.90 Å². The lowest BCUT2D eigenvalue weighted by molar-refractivity contribution is 0.130. The molecule has 1 atom stereocenters. The Labute approximate surface area is 117 Å². The van der Waals surface area contributed by atoms with Gasteiger partial charge >= 0.3 is 0 Å². The van der Waals surface area contributed by atoms with E-state index in [0.29, 0.717) is 11.8 Å². The first-order valence-electron chi connectivity index (χ1n) is 7.50. The molecule has 0 aliphatic heterocycles. The summed E-state index contributed by atoms with van der Waals surface area (Å²) in [7, 11) is 2.20. The van der Waals surface area contributed by atoms with Crippen LogP contribution in [-0.4, -0.2) is 23.1 Å². The molecule has 106 valence electrons. The van der Waals surface area contributed by atoms with E-state index in [1.807, 2.05) is 12.1 Å². The third-order valence-electron chi connectivity index (χ3n) is 4.81. The van der Waals surface area contributed by atoms with Crippen molar-refractivity contribution in [3.63, 3.8) is 0 Å². The topological polar surface area (TPSA) is 23.5 Å². The van der Waals surface area contributed by atoms with Crippen molar-refractivity contribution in [1.29, 1.82) is 0 Å². The van der Waals surface area contributed by atoms with Crippen LogP contribution >= 0.6 is 0 Å². The van der Waals surface area contributed by atoms with E-state index in [0.717, 1.165) is 11.5 Å². The van der Waals surface area contributed by atoms with E-state index in [1.165, 1.54) is 31.2 Å². The molecule has 1 fully saturated rings. The lowest BCUT2D eigenvalue weighted by atomic mass is 9.86. The van der Waals surface area contributed by atoms with Gasteiger partial charge in [-0.1, -0.05) is 24.6 Å². The van der Waals surface area contributed by atoms with Gasteiger partial charge in [-0.3, -0.25) is 4.90 Å². The van der Waals surface area contributed by atoms with Crippen LogP contribution in [0.15, 0.2) is 18.2 Å². The number of phenols is 1. The van der Waals surface area contributed by atoms with Crippen LogP contribution in [0.5, 0.6) is 5.75 Å². The zero-order valence-electron chi connectivity index (χ0n) is 12.7. The Kier molecular flexibility index (Phi) is 4.51. The van der Waals surface area contributed by atoms with Gasteiger partial charge < -0.3 is 5.11 Å². The van der Waals surface area contributed by atoms with E-state index in [9.17, 15) is 5.11 Å². The summed E-state index contributed by atoms with van der Waals surface area (Å²) in [5.41, 5.74) is 2.27. The van der Waals surface area contributed by atoms with Gasteiger partial charge in [0.25, 0.3) is 0 Å². The van der Waals surface area contributed by atoms with Crippen molar-refractivity contribution in [2.45, 2.75) is 58.5 Å². The Bertz CT molecular complexity index is 421. The summed E-state index contributed by atoms with van der Waals surface area (Å²) in [6.45, 7) is 6.64. The maximum absolute atomic E-state index is 10.1. The SMILES string of the molecule is Cc1ccc(O)c(C(C)N(C)C2CCC(C)CC2)c1. The summed E-state index contributed by atoms with van der Waals surface area (Å²) in [6, 6.07) is 6.83. The molecule has 0 saturated heterocycles. The minimum atomic E-state index is 0.276. The molecule has 1 aliphatic carbocycles. The monoisotopic (exact) mass is 261 g/mol. The third-order valence-corrected chi connectivity index (χ3v) is 4.81. The molecule has 2 heteroatoms. The molecule has 1 saturated carbocycles. The Morgan fingerprint density at radius 3 is 2.47 bits per heavy atom. The predicted molar refractivity (Wildman–Crippen MR) is 80.4 cm³/mol. The minimum absolute atomic E-state index is 0.276. The molecule has 1 aromatic carbocycles. The first-order valence-corrected chi connectivity index (χ1v) is 7.50. The number of nitrogens with zero attached hydrogens (tertiary/aromatic N) is 1. The zero-order chi connectivity index (χ0) is 14.0. The minimum Gasteiger partial charge on any atom is -0.508 e. The highest BCUT2D eigenvalue weighted by Crippen LogP contribution is 2.34. The summed E-state index contributed by atoms with van der Waals surface area (Å²) in [5, 5.41) is 10.1. The number of phenolic OH excluding ortho intramolecular Hbond substituents is 1. The summed E-state index contributed by atoms with van der Waals surface area (Å²) in [5.74, 6) is 1.31. The van der Waals surface area contributed by atoms with E-state index in [-0.39, 0.29) is 6.04 Å². The molecule has 0 bridgehead atoms. The van der Waals surface area contributed by atoms with Crippen LogP contribution in [0.2, 0.25) is 0 Å². The van der Waals surface area contributed by atoms with Crippen molar-refractivity contribution in [2.24, 2.45) is 5.92 Å². The van der Waals surface area contributed by atoms with Gasteiger partial charge in [0.15, 0.2) is 0 Å². The van der Waals surface area contributed by atoms with E-state index in [2.05, 4.69) is 38.8 Å². The summed E-state index contributed by atoms with van der Waals surface area (Å²) >= 11 is 0. The van der Waals surface area contributed by atoms with Crippen LogP contribution < -0.4 is 0 Å². The van der Waals surface area contributed by atoms with Gasteiger partial charge in [0.05, 0.1) is 0 Å². The average Bonchev–Trinajstić information content (AvgIpc) is 2.41. The van der Waals surface area contributed by atoms with Gasteiger partial charge in [0.1, 0.15) is 5.75 Å². The number of rotatable bonds is 3. The molecule has 2 nitrogen and oxygen atoms in total. The lowest BCUT2D eigenvalue weighted by Gasteiger charge is -2.37. The van der Waals surface area contributed by atoms with Crippen LogP contribution in [0.3, 0.4) is 0 Å². The number of hydrogen-bond donors (Lipinski definition) is 1. The molecule has 1 aromatic rings. The van der Waals surface area contributed by atoms with Gasteiger partial charge in [-0.25, -0.2) is 0 Å². The van der Waals surface area contributed by atoms with Crippen LogP contribution in [0.1, 0.15) is 56.7 Å². The van der Waals surface area contributed by atoms with Gasteiger partial charge in [-0.05, 0) is 58.6 Å². The van der Waals surface area contributed by atoms with Gasteiger partial charge in [-0.15, -0.1) is 0 Å². The lowest BCUT2D eigenvalue weighted by Crippen LogP contribution is -2.36. The summed E-state index contributed by atoms with van der Waals surface area (Å²) in [6.07, 6.45) is 5.24. The third kappa shape index (κ3) is 3.30. The Morgan fingerprint density at radius 1 is 1.21 bits per heavy atom.